The van der Waals surface area contributed by atoms with Gasteiger partial charge in [0.25, 0.3) is 0 Å². The maximum Gasteiger partial charge on any atom is 0.137 e. The number of carbonyl (C=O) groups is 1. The van der Waals surface area contributed by atoms with Crippen LogP contribution in [0.25, 0.3) is 0 Å². The summed E-state index contributed by atoms with van der Waals surface area (Å²) < 4.78 is 0. The van der Waals surface area contributed by atoms with Crippen LogP contribution in [0, 0.1) is 5.92 Å². The molecule has 2 nitrogen and oxygen atoms in total. The molecule has 2 atom stereocenters. The van der Waals surface area contributed by atoms with Crippen LogP contribution in [0.15, 0.2) is 0 Å². The van der Waals surface area contributed by atoms with Gasteiger partial charge in [-0.25, -0.2) is 0 Å². The van der Waals surface area contributed by atoms with Crippen molar-refractivity contribution in [2.45, 2.75) is 70.4 Å². The number of carbonyl (C=O) groups excluding carboxylic acids is 1. The molecule has 0 aromatic rings. The molecule has 0 aromatic carbocycles. The molecule has 0 aromatic heterocycles. The zero-order valence-corrected chi connectivity index (χ0v) is 9.80. The number of rotatable bonds is 3. The zero-order valence-electron chi connectivity index (χ0n) is 9.80. The van der Waals surface area contributed by atoms with Crippen LogP contribution < -0.4 is 5.32 Å². The van der Waals surface area contributed by atoms with Gasteiger partial charge in [-0.3, -0.25) is 4.79 Å². The van der Waals surface area contributed by atoms with Crippen LogP contribution in [0.3, 0.4) is 0 Å². The highest BCUT2D eigenvalue weighted by Crippen LogP contribution is 2.27. The van der Waals surface area contributed by atoms with E-state index in [1.54, 1.807) is 0 Å². The minimum absolute atomic E-state index is 0.407. The van der Waals surface area contributed by atoms with E-state index in [1.165, 1.54) is 32.1 Å². The summed E-state index contributed by atoms with van der Waals surface area (Å²) in [6.45, 7) is 2.23. The lowest BCUT2D eigenvalue weighted by Gasteiger charge is -2.29. The first-order chi connectivity index (χ1) is 7.25. The van der Waals surface area contributed by atoms with Gasteiger partial charge < -0.3 is 5.32 Å². The second kappa shape index (κ2) is 5.11. The average Bonchev–Trinajstić information content (AvgIpc) is 2.70. The Bertz CT molecular complexity index is 221. The number of nitrogens with one attached hydrogen (secondary N) is 1. The van der Waals surface area contributed by atoms with E-state index in [4.69, 9.17) is 0 Å². The molecule has 86 valence electrons. The van der Waals surface area contributed by atoms with E-state index >= 15 is 0 Å². The number of ketones is 1. The summed E-state index contributed by atoms with van der Waals surface area (Å²) in [5.41, 5.74) is 0. The van der Waals surface area contributed by atoms with E-state index in [0.29, 0.717) is 23.8 Å². The topological polar surface area (TPSA) is 29.1 Å². The molecule has 0 spiro atoms. The summed E-state index contributed by atoms with van der Waals surface area (Å²) in [5.74, 6) is 0.933. The van der Waals surface area contributed by atoms with Crippen LogP contribution in [0.1, 0.15) is 58.3 Å². The van der Waals surface area contributed by atoms with Gasteiger partial charge in [0.1, 0.15) is 5.78 Å². The van der Waals surface area contributed by atoms with Gasteiger partial charge in [-0.2, -0.15) is 0 Å². The summed E-state index contributed by atoms with van der Waals surface area (Å²) in [7, 11) is 0. The van der Waals surface area contributed by atoms with Gasteiger partial charge in [-0.05, 0) is 32.6 Å². The summed E-state index contributed by atoms with van der Waals surface area (Å²) in [4.78, 5) is 12.0. The minimum Gasteiger partial charge on any atom is -0.311 e. The molecule has 2 fully saturated rings. The number of piperidine rings is 1. The van der Waals surface area contributed by atoms with Gasteiger partial charge in [0, 0.05) is 24.4 Å². The maximum atomic E-state index is 12.0. The van der Waals surface area contributed by atoms with Crippen LogP contribution in [0.5, 0.6) is 0 Å². The van der Waals surface area contributed by atoms with Crippen LogP contribution in [-0.2, 0) is 4.79 Å². The summed E-state index contributed by atoms with van der Waals surface area (Å²) in [6, 6.07) is 1.09. The van der Waals surface area contributed by atoms with E-state index in [2.05, 4.69) is 12.2 Å². The molecule has 1 heterocycles. The van der Waals surface area contributed by atoms with Gasteiger partial charge in [0.05, 0.1) is 0 Å². The Hall–Kier alpha value is -0.370. The van der Waals surface area contributed by atoms with Crippen LogP contribution >= 0.6 is 0 Å². The van der Waals surface area contributed by atoms with Crippen LogP contribution in [0.2, 0.25) is 0 Å². The van der Waals surface area contributed by atoms with Gasteiger partial charge >= 0.3 is 0 Å². The third-order valence-electron chi connectivity index (χ3n) is 3.97. The third-order valence-corrected chi connectivity index (χ3v) is 3.97. The third kappa shape index (κ3) is 3.04. The molecule has 0 amide bonds. The SMILES string of the molecule is CC1CCCC(CC(=O)C2CCCC2)N1. The number of hydrogen-bond acceptors (Lipinski definition) is 2. The fourth-order valence-electron chi connectivity index (χ4n) is 3.06. The predicted molar refractivity (Wildman–Crippen MR) is 61.8 cm³/mol. The number of Topliss-reactive ketones (excluding diaryl/α,β-unsaturated/α-hetero) is 1. The van der Waals surface area contributed by atoms with E-state index in [1.807, 2.05) is 0 Å². The van der Waals surface area contributed by atoms with Crippen molar-refractivity contribution in [2.24, 2.45) is 5.92 Å². The van der Waals surface area contributed by atoms with Crippen molar-refractivity contribution in [3.05, 3.63) is 0 Å². The lowest BCUT2D eigenvalue weighted by molar-refractivity contribution is -0.123. The maximum absolute atomic E-state index is 12.0. The fourth-order valence-corrected chi connectivity index (χ4v) is 3.06. The lowest BCUT2D eigenvalue weighted by Crippen LogP contribution is -2.42. The van der Waals surface area contributed by atoms with Crippen molar-refractivity contribution in [1.82, 2.24) is 5.32 Å². The fraction of sp³-hybridized carbons (Fsp3) is 0.923. The molecular formula is C13H23NO. The Balaban J connectivity index is 1.77. The Morgan fingerprint density at radius 1 is 1.13 bits per heavy atom. The molecular weight excluding hydrogens is 186 g/mol. The van der Waals surface area contributed by atoms with Crippen molar-refractivity contribution >= 4 is 5.78 Å². The molecule has 15 heavy (non-hydrogen) atoms. The Morgan fingerprint density at radius 3 is 2.53 bits per heavy atom. The highest BCUT2D eigenvalue weighted by Gasteiger charge is 2.26. The first-order valence-electron chi connectivity index (χ1n) is 6.54. The summed E-state index contributed by atoms with van der Waals surface area (Å²) in [5, 5.41) is 3.55. The summed E-state index contributed by atoms with van der Waals surface area (Å²) >= 11 is 0. The molecule has 2 unspecified atom stereocenters. The van der Waals surface area contributed by atoms with E-state index in [9.17, 15) is 4.79 Å². The van der Waals surface area contributed by atoms with Crippen molar-refractivity contribution < 1.29 is 4.79 Å². The van der Waals surface area contributed by atoms with Gasteiger partial charge in [0.15, 0.2) is 0 Å². The zero-order chi connectivity index (χ0) is 10.7. The molecule has 2 aliphatic rings. The normalized spacial score (nSPS) is 33.1. The van der Waals surface area contributed by atoms with E-state index < -0.39 is 0 Å². The predicted octanol–water partition coefficient (Wildman–Crippen LogP) is 2.67. The molecule has 1 N–H and O–H groups in total. The Kier molecular flexibility index (Phi) is 3.79. The first-order valence-corrected chi connectivity index (χ1v) is 6.54. The van der Waals surface area contributed by atoms with Crippen molar-refractivity contribution in [1.29, 1.82) is 0 Å². The van der Waals surface area contributed by atoms with E-state index in [0.717, 1.165) is 19.3 Å². The van der Waals surface area contributed by atoms with Crippen LogP contribution in [0.4, 0.5) is 0 Å². The van der Waals surface area contributed by atoms with E-state index in [-0.39, 0.29) is 0 Å². The monoisotopic (exact) mass is 209 g/mol. The standard InChI is InChI=1S/C13H23NO/c1-10-5-4-8-12(14-10)9-13(15)11-6-2-3-7-11/h10-12,14H,2-9H2,1H3. The van der Waals surface area contributed by atoms with Gasteiger partial charge in [-0.1, -0.05) is 19.3 Å². The van der Waals surface area contributed by atoms with Crippen molar-refractivity contribution in [3.63, 3.8) is 0 Å². The first kappa shape index (κ1) is 11.1. The average molecular weight is 209 g/mol. The Morgan fingerprint density at radius 2 is 1.87 bits per heavy atom. The second-order valence-corrected chi connectivity index (χ2v) is 5.35. The number of hydrogen-bond donors (Lipinski definition) is 1. The molecule has 0 radical (unpaired) electrons. The molecule has 1 aliphatic heterocycles. The van der Waals surface area contributed by atoms with Crippen molar-refractivity contribution in [2.75, 3.05) is 0 Å². The molecule has 1 saturated carbocycles. The van der Waals surface area contributed by atoms with Crippen molar-refractivity contribution in [3.8, 4) is 0 Å². The quantitative estimate of drug-likeness (QED) is 0.774. The Labute approximate surface area is 92.8 Å². The molecule has 2 rings (SSSR count). The highest BCUT2D eigenvalue weighted by atomic mass is 16.1. The largest absolute Gasteiger partial charge is 0.311 e. The molecule has 0 bridgehead atoms. The second-order valence-electron chi connectivity index (χ2n) is 5.35. The lowest BCUT2D eigenvalue weighted by atomic mass is 9.91. The minimum atomic E-state index is 0.407. The van der Waals surface area contributed by atoms with Gasteiger partial charge in [0.2, 0.25) is 0 Å². The summed E-state index contributed by atoms with van der Waals surface area (Å²) in [6.07, 6.45) is 9.39. The molecule has 2 heteroatoms. The van der Waals surface area contributed by atoms with Crippen LogP contribution in [-0.4, -0.2) is 17.9 Å². The molecule has 1 aliphatic carbocycles. The van der Waals surface area contributed by atoms with Gasteiger partial charge in [-0.15, -0.1) is 0 Å². The highest BCUT2D eigenvalue weighted by molar-refractivity contribution is 5.81. The smallest absolute Gasteiger partial charge is 0.137 e. The molecule has 1 saturated heterocycles.